The minimum atomic E-state index is -0.303. The number of anilines is 1. The Morgan fingerprint density at radius 1 is 0.927 bits per heavy atom. The third-order valence-corrected chi connectivity index (χ3v) is 7.41. The predicted octanol–water partition coefficient (Wildman–Crippen LogP) is 5.43. The van der Waals surface area contributed by atoms with E-state index in [2.05, 4.69) is 20.6 Å². The molecule has 0 aliphatic carbocycles. The van der Waals surface area contributed by atoms with Crippen molar-refractivity contribution >= 4 is 23.1 Å². The lowest BCUT2D eigenvalue weighted by Gasteiger charge is -2.09. The van der Waals surface area contributed by atoms with Gasteiger partial charge in [0.1, 0.15) is 22.3 Å². The molecule has 0 aliphatic heterocycles. The van der Waals surface area contributed by atoms with Crippen molar-refractivity contribution in [3.05, 3.63) is 111 Å². The first kappa shape index (κ1) is 27.6. The first-order chi connectivity index (χ1) is 19.9. The van der Waals surface area contributed by atoms with Crippen LogP contribution in [0.15, 0.2) is 83.1 Å². The number of H-pyrrole nitrogens is 1. The van der Waals surface area contributed by atoms with Gasteiger partial charge in [-0.15, -0.1) is 11.3 Å². The molecule has 0 fully saturated rings. The van der Waals surface area contributed by atoms with Crippen LogP contribution in [0.3, 0.4) is 0 Å². The van der Waals surface area contributed by atoms with Crippen LogP contribution in [0.2, 0.25) is 0 Å². The molecule has 0 unspecified atom stereocenters. The molecule has 5 aromatic rings. The van der Waals surface area contributed by atoms with Gasteiger partial charge in [0.2, 0.25) is 0 Å². The quantitative estimate of drug-likeness (QED) is 0.206. The Morgan fingerprint density at radius 3 is 2.24 bits per heavy atom. The fourth-order valence-electron chi connectivity index (χ4n) is 4.20. The number of ether oxygens (including phenoxy) is 2. The summed E-state index contributed by atoms with van der Waals surface area (Å²) in [6.07, 6.45) is 1.72. The molecular weight excluding hydrogens is 538 g/mol. The van der Waals surface area contributed by atoms with Crippen LogP contribution in [0.4, 0.5) is 5.82 Å². The number of nitrogens with one attached hydrogen (secondary N) is 3. The minimum absolute atomic E-state index is 0.284. The van der Waals surface area contributed by atoms with Crippen molar-refractivity contribution in [3.63, 3.8) is 0 Å². The number of aromatic amines is 1. The van der Waals surface area contributed by atoms with E-state index in [1.54, 1.807) is 33.4 Å². The molecule has 3 heterocycles. The second-order valence-electron chi connectivity index (χ2n) is 9.25. The van der Waals surface area contributed by atoms with E-state index in [9.17, 15) is 9.59 Å². The van der Waals surface area contributed by atoms with E-state index < -0.39 is 0 Å². The van der Waals surface area contributed by atoms with E-state index >= 15 is 0 Å². The summed E-state index contributed by atoms with van der Waals surface area (Å²) in [6.45, 7) is 2.65. The second-order valence-corrected chi connectivity index (χ2v) is 10.1. The summed E-state index contributed by atoms with van der Waals surface area (Å²) in [6, 6.07) is 20.7. The van der Waals surface area contributed by atoms with Gasteiger partial charge in [0.25, 0.3) is 11.5 Å². The van der Waals surface area contributed by atoms with Crippen LogP contribution in [0.5, 0.6) is 11.5 Å². The Bertz CT molecular complexity index is 1710. The highest BCUT2D eigenvalue weighted by Gasteiger charge is 2.17. The molecule has 0 bridgehead atoms. The number of hydrogen-bond donors (Lipinski definition) is 3. The topological polar surface area (TPSA) is 118 Å². The summed E-state index contributed by atoms with van der Waals surface area (Å²) in [4.78, 5) is 37.8. The third kappa shape index (κ3) is 6.62. The summed E-state index contributed by atoms with van der Waals surface area (Å²) in [7, 11) is 3.25. The highest BCUT2D eigenvalue weighted by atomic mass is 32.1. The molecule has 9 nitrogen and oxygen atoms in total. The highest BCUT2D eigenvalue weighted by molar-refractivity contribution is 7.13. The number of thiazole rings is 1. The van der Waals surface area contributed by atoms with Gasteiger partial charge in [-0.1, -0.05) is 24.3 Å². The van der Waals surface area contributed by atoms with Gasteiger partial charge in [-0.3, -0.25) is 9.59 Å². The van der Waals surface area contributed by atoms with Crippen molar-refractivity contribution in [1.82, 2.24) is 20.3 Å². The molecule has 3 N–H and O–H groups in total. The van der Waals surface area contributed by atoms with Crippen LogP contribution < -0.4 is 25.7 Å². The van der Waals surface area contributed by atoms with Crippen LogP contribution in [-0.4, -0.2) is 35.1 Å². The number of pyridine rings is 2. The molecule has 0 saturated heterocycles. The number of carbonyl (C=O) groups is 1. The molecule has 41 heavy (non-hydrogen) atoms. The molecule has 10 heteroatoms. The first-order valence-electron chi connectivity index (χ1n) is 12.9. The number of nitrogens with zero attached hydrogens (tertiary/aromatic N) is 2. The van der Waals surface area contributed by atoms with Crippen LogP contribution >= 0.6 is 11.3 Å². The van der Waals surface area contributed by atoms with E-state index in [1.807, 2.05) is 66.0 Å². The Kier molecular flexibility index (Phi) is 8.40. The normalized spacial score (nSPS) is 10.7. The molecule has 2 aromatic carbocycles. The first-order valence-corrected chi connectivity index (χ1v) is 13.8. The van der Waals surface area contributed by atoms with Crippen LogP contribution in [0.1, 0.15) is 27.2 Å². The lowest BCUT2D eigenvalue weighted by atomic mass is 10.1. The van der Waals surface area contributed by atoms with E-state index in [0.717, 1.165) is 33.2 Å². The number of benzene rings is 2. The van der Waals surface area contributed by atoms with Crippen molar-refractivity contribution < 1.29 is 14.3 Å². The fourth-order valence-corrected chi connectivity index (χ4v) is 5.01. The number of hydrogen-bond acceptors (Lipinski definition) is 8. The van der Waals surface area contributed by atoms with Crippen molar-refractivity contribution in [2.24, 2.45) is 0 Å². The van der Waals surface area contributed by atoms with E-state index in [1.165, 1.54) is 11.3 Å². The van der Waals surface area contributed by atoms with Gasteiger partial charge in [-0.2, -0.15) is 0 Å². The van der Waals surface area contributed by atoms with E-state index in [0.29, 0.717) is 41.4 Å². The van der Waals surface area contributed by atoms with Crippen LogP contribution in [-0.2, 0) is 13.1 Å². The van der Waals surface area contributed by atoms with Crippen molar-refractivity contribution in [3.8, 4) is 33.3 Å². The maximum Gasteiger partial charge on any atom is 0.257 e. The van der Waals surface area contributed by atoms with E-state index in [4.69, 9.17) is 14.5 Å². The maximum atomic E-state index is 13.0. The Hall–Kier alpha value is -4.96. The van der Waals surface area contributed by atoms with Gasteiger partial charge >= 0.3 is 0 Å². The van der Waals surface area contributed by atoms with E-state index in [-0.39, 0.29) is 11.5 Å². The number of amides is 1. The maximum absolute atomic E-state index is 13.0. The van der Waals surface area contributed by atoms with Crippen LogP contribution in [0, 0.1) is 6.92 Å². The zero-order valence-electron chi connectivity index (χ0n) is 22.9. The Labute approximate surface area is 241 Å². The minimum Gasteiger partial charge on any atom is -0.497 e. The SMILES string of the molecule is COc1ccc(CNC(=O)c2cc(-c3csc(-c4ccnc(NCc5ccc(OC)cc5)c4)n3)c(=O)[nH]c2C)cc1. The molecule has 0 aliphatic rings. The molecule has 1 amide bonds. The molecule has 0 radical (unpaired) electrons. The zero-order valence-corrected chi connectivity index (χ0v) is 23.7. The largest absolute Gasteiger partial charge is 0.497 e. The number of methoxy groups -OCH3 is 2. The number of aryl methyl sites for hydroxylation is 1. The zero-order chi connectivity index (χ0) is 28.8. The number of aromatic nitrogens is 3. The Balaban J connectivity index is 1.30. The summed E-state index contributed by atoms with van der Waals surface area (Å²) >= 11 is 1.42. The Morgan fingerprint density at radius 2 is 1.59 bits per heavy atom. The van der Waals surface area contributed by atoms with Gasteiger partial charge in [0.15, 0.2) is 0 Å². The molecule has 0 spiro atoms. The highest BCUT2D eigenvalue weighted by Crippen LogP contribution is 2.29. The molecule has 5 rings (SSSR count). The average molecular weight is 568 g/mol. The smallest absolute Gasteiger partial charge is 0.257 e. The van der Waals surface area contributed by atoms with Crippen molar-refractivity contribution in [2.75, 3.05) is 19.5 Å². The standard InChI is InChI=1S/C31H29N5O4S/c1-19-25(29(37)34-17-21-6-10-24(40-3)11-7-21)15-26(30(38)35-19)27-18-41-31(36-27)22-12-13-32-28(14-22)33-16-20-4-8-23(39-2)9-5-20/h4-15,18H,16-17H2,1-3H3,(H,32,33)(H,34,37)(H,35,38). The summed E-state index contributed by atoms with van der Waals surface area (Å²) in [5, 5.41) is 8.80. The van der Waals surface area contributed by atoms with Gasteiger partial charge in [-0.05, 0) is 60.5 Å². The van der Waals surface area contributed by atoms with Gasteiger partial charge in [0, 0.05) is 35.9 Å². The lowest BCUT2D eigenvalue weighted by molar-refractivity contribution is 0.0950. The number of rotatable bonds is 10. The molecular formula is C31H29N5O4S. The summed E-state index contributed by atoms with van der Waals surface area (Å²) < 4.78 is 10.4. The van der Waals surface area contributed by atoms with Gasteiger partial charge in [0.05, 0.1) is 31.0 Å². The summed E-state index contributed by atoms with van der Waals surface area (Å²) in [5.41, 5.74) is 4.30. The van der Waals surface area contributed by atoms with Gasteiger partial charge < -0.3 is 25.1 Å². The van der Waals surface area contributed by atoms with Crippen molar-refractivity contribution in [2.45, 2.75) is 20.0 Å². The van der Waals surface area contributed by atoms with Crippen LogP contribution in [0.25, 0.3) is 21.8 Å². The average Bonchev–Trinajstić information content (AvgIpc) is 3.50. The molecule has 3 aromatic heterocycles. The monoisotopic (exact) mass is 567 g/mol. The molecule has 0 atom stereocenters. The number of carbonyl (C=O) groups excluding carboxylic acids is 1. The third-order valence-electron chi connectivity index (χ3n) is 6.51. The summed E-state index contributed by atoms with van der Waals surface area (Å²) in [5.74, 6) is 1.98. The predicted molar refractivity (Wildman–Crippen MR) is 161 cm³/mol. The van der Waals surface area contributed by atoms with Crippen molar-refractivity contribution in [1.29, 1.82) is 0 Å². The second kappa shape index (κ2) is 12.5. The molecule has 208 valence electrons. The lowest BCUT2D eigenvalue weighted by Crippen LogP contribution is -2.26. The fraction of sp³-hybridized carbons (Fsp3) is 0.161. The molecule has 0 saturated carbocycles. The van der Waals surface area contributed by atoms with Gasteiger partial charge in [-0.25, -0.2) is 9.97 Å².